The highest BCUT2D eigenvalue weighted by Gasteiger charge is 2.41. The maximum Gasteiger partial charge on any atom is 0.138 e. The third-order valence-corrected chi connectivity index (χ3v) is 3.39. The molecule has 0 radical (unpaired) electrons. The summed E-state index contributed by atoms with van der Waals surface area (Å²) >= 11 is 0. The van der Waals surface area contributed by atoms with Gasteiger partial charge >= 0.3 is 0 Å². The lowest BCUT2D eigenvalue weighted by atomic mass is 9.85. The van der Waals surface area contributed by atoms with Crippen LogP contribution in [0.25, 0.3) is 0 Å². The number of carbonyl (C=O) groups excluding carboxylic acids is 1. The Morgan fingerprint density at radius 3 is 2.93 bits per heavy atom. The summed E-state index contributed by atoms with van der Waals surface area (Å²) in [6, 6.07) is 1.12. The van der Waals surface area contributed by atoms with Gasteiger partial charge in [-0.05, 0) is 26.2 Å². The van der Waals surface area contributed by atoms with Gasteiger partial charge in [-0.3, -0.25) is 4.79 Å². The van der Waals surface area contributed by atoms with Crippen molar-refractivity contribution in [3.8, 4) is 11.8 Å². The van der Waals surface area contributed by atoms with E-state index < -0.39 is 0 Å². The Morgan fingerprint density at radius 2 is 2.36 bits per heavy atom. The van der Waals surface area contributed by atoms with Gasteiger partial charge in [0.25, 0.3) is 0 Å². The molecular formula is C12H17NO. The minimum absolute atomic E-state index is 0.299. The quantitative estimate of drug-likeness (QED) is 0.685. The van der Waals surface area contributed by atoms with Crippen molar-refractivity contribution in [1.82, 2.24) is 5.32 Å². The van der Waals surface area contributed by atoms with E-state index in [0.29, 0.717) is 30.2 Å². The van der Waals surface area contributed by atoms with E-state index in [1.54, 1.807) is 0 Å². The van der Waals surface area contributed by atoms with Crippen LogP contribution in [0.1, 0.15) is 39.0 Å². The van der Waals surface area contributed by atoms with Gasteiger partial charge in [-0.15, -0.1) is 11.8 Å². The van der Waals surface area contributed by atoms with Crippen molar-refractivity contribution < 1.29 is 4.79 Å². The largest absolute Gasteiger partial charge is 0.310 e. The molecule has 2 heteroatoms. The lowest BCUT2D eigenvalue weighted by Gasteiger charge is -2.17. The van der Waals surface area contributed by atoms with E-state index in [1.807, 2.05) is 6.92 Å². The number of Topliss-reactive ketones (excluding diaryl/α,β-unsaturated/α-hetero) is 1. The number of hydrogen-bond acceptors (Lipinski definition) is 2. The van der Waals surface area contributed by atoms with Crippen LogP contribution in [0.3, 0.4) is 0 Å². The molecule has 14 heavy (non-hydrogen) atoms. The first-order valence-corrected chi connectivity index (χ1v) is 5.49. The van der Waals surface area contributed by atoms with E-state index in [-0.39, 0.29) is 0 Å². The summed E-state index contributed by atoms with van der Waals surface area (Å²) in [6.45, 7) is 1.82. The molecule has 0 aromatic rings. The van der Waals surface area contributed by atoms with Crippen molar-refractivity contribution in [2.75, 3.05) is 0 Å². The molecule has 2 nitrogen and oxygen atoms in total. The van der Waals surface area contributed by atoms with Gasteiger partial charge in [-0.1, -0.05) is 0 Å². The maximum atomic E-state index is 11.8. The molecule has 2 saturated heterocycles. The second-order valence-electron chi connectivity index (χ2n) is 4.28. The van der Waals surface area contributed by atoms with Crippen LogP contribution in [0, 0.1) is 17.8 Å². The predicted molar refractivity (Wildman–Crippen MR) is 55.7 cm³/mol. The van der Waals surface area contributed by atoms with Crippen molar-refractivity contribution >= 4 is 5.78 Å². The van der Waals surface area contributed by atoms with Crippen LogP contribution in [0.5, 0.6) is 0 Å². The standard InChI is InChI=1S/C12H17NO/c1-2-3-4-5-12(14)10-8-9-6-7-11(10)13-9/h9-11,13H,4-8H2,1H3. The number of fused-ring (bicyclic) bond motifs is 2. The molecule has 2 heterocycles. The summed E-state index contributed by atoms with van der Waals surface area (Å²) in [5.74, 6) is 6.51. The van der Waals surface area contributed by atoms with Gasteiger partial charge in [0.1, 0.15) is 5.78 Å². The van der Waals surface area contributed by atoms with E-state index in [9.17, 15) is 4.79 Å². The first-order chi connectivity index (χ1) is 6.81. The summed E-state index contributed by atoms with van der Waals surface area (Å²) in [5.41, 5.74) is 0. The van der Waals surface area contributed by atoms with Gasteiger partial charge in [0.15, 0.2) is 0 Å². The number of ketones is 1. The number of nitrogens with one attached hydrogen (secondary N) is 1. The van der Waals surface area contributed by atoms with Crippen molar-refractivity contribution in [3.05, 3.63) is 0 Å². The minimum Gasteiger partial charge on any atom is -0.310 e. The van der Waals surface area contributed by atoms with Crippen LogP contribution < -0.4 is 5.32 Å². The number of rotatable bonds is 3. The molecule has 0 aromatic heterocycles. The summed E-state index contributed by atoms with van der Waals surface area (Å²) in [6.07, 6.45) is 4.92. The summed E-state index contributed by atoms with van der Waals surface area (Å²) in [4.78, 5) is 11.8. The van der Waals surface area contributed by atoms with Crippen molar-refractivity contribution in [1.29, 1.82) is 0 Å². The Morgan fingerprint density at radius 1 is 1.50 bits per heavy atom. The van der Waals surface area contributed by atoms with Crippen LogP contribution >= 0.6 is 0 Å². The van der Waals surface area contributed by atoms with Crippen molar-refractivity contribution in [3.63, 3.8) is 0 Å². The lowest BCUT2D eigenvalue weighted by Crippen LogP contribution is -2.28. The molecular weight excluding hydrogens is 174 g/mol. The fraction of sp³-hybridized carbons (Fsp3) is 0.750. The molecule has 0 aliphatic carbocycles. The van der Waals surface area contributed by atoms with Crippen LogP contribution in [0.15, 0.2) is 0 Å². The van der Waals surface area contributed by atoms with E-state index >= 15 is 0 Å². The third-order valence-electron chi connectivity index (χ3n) is 3.39. The zero-order chi connectivity index (χ0) is 9.97. The molecule has 2 aliphatic heterocycles. The molecule has 3 atom stereocenters. The normalized spacial score (nSPS) is 33.9. The fourth-order valence-electron chi connectivity index (χ4n) is 2.68. The average Bonchev–Trinajstić information content (AvgIpc) is 2.79. The molecule has 2 fully saturated rings. The van der Waals surface area contributed by atoms with Crippen LogP contribution in [0.2, 0.25) is 0 Å². The van der Waals surface area contributed by atoms with E-state index in [0.717, 1.165) is 12.8 Å². The molecule has 0 amide bonds. The molecule has 0 saturated carbocycles. The molecule has 0 spiro atoms. The van der Waals surface area contributed by atoms with Crippen LogP contribution in [-0.4, -0.2) is 17.9 Å². The SMILES string of the molecule is CC#CCCC(=O)C1CC2CCC1N2. The summed E-state index contributed by atoms with van der Waals surface area (Å²) in [7, 11) is 0. The Labute approximate surface area is 85.5 Å². The van der Waals surface area contributed by atoms with Crippen molar-refractivity contribution in [2.45, 2.75) is 51.1 Å². The zero-order valence-electron chi connectivity index (χ0n) is 8.68. The van der Waals surface area contributed by atoms with Gasteiger partial charge in [0.2, 0.25) is 0 Å². The van der Waals surface area contributed by atoms with Gasteiger partial charge in [0, 0.05) is 30.8 Å². The second-order valence-corrected chi connectivity index (χ2v) is 4.28. The summed E-state index contributed by atoms with van der Waals surface area (Å²) < 4.78 is 0. The van der Waals surface area contributed by atoms with E-state index in [1.165, 1.54) is 12.8 Å². The Kier molecular flexibility index (Phi) is 2.88. The summed E-state index contributed by atoms with van der Waals surface area (Å²) in [5, 5.41) is 3.49. The van der Waals surface area contributed by atoms with Gasteiger partial charge in [-0.25, -0.2) is 0 Å². The molecule has 0 aromatic carbocycles. The monoisotopic (exact) mass is 191 g/mol. The first kappa shape index (κ1) is 9.73. The topological polar surface area (TPSA) is 29.1 Å². The molecule has 2 bridgehead atoms. The predicted octanol–water partition coefficient (Wildman–Crippen LogP) is 1.50. The number of hydrogen-bond donors (Lipinski definition) is 1. The van der Waals surface area contributed by atoms with E-state index in [2.05, 4.69) is 17.2 Å². The lowest BCUT2D eigenvalue weighted by molar-refractivity contribution is -0.123. The van der Waals surface area contributed by atoms with Crippen LogP contribution in [-0.2, 0) is 4.79 Å². The van der Waals surface area contributed by atoms with Gasteiger partial charge in [-0.2, -0.15) is 0 Å². The maximum absolute atomic E-state index is 11.8. The second kappa shape index (κ2) is 4.14. The smallest absolute Gasteiger partial charge is 0.138 e. The fourth-order valence-corrected chi connectivity index (χ4v) is 2.68. The highest BCUT2D eigenvalue weighted by molar-refractivity contribution is 5.82. The van der Waals surface area contributed by atoms with Gasteiger partial charge < -0.3 is 5.32 Å². The first-order valence-electron chi connectivity index (χ1n) is 5.49. The van der Waals surface area contributed by atoms with Crippen LogP contribution in [0.4, 0.5) is 0 Å². The molecule has 2 aliphatic rings. The third kappa shape index (κ3) is 1.83. The van der Waals surface area contributed by atoms with Gasteiger partial charge in [0.05, 0.1) is 0 Å². The Bertz CT molecular complexity index is 286. The van der Waals surface area contributed by atoms with E-state index in [4.69, 9.17) is 0 Å². The highest BCUT2D eigenvalue weighted by Crippen LogP contribution is 2.34. The molecule has 2 rings (SSSR count). The average molecular weight is 191 g/mol. The zero-order valence-corrected chi connectivity index (χ0v) is 8.68. The van der Waals surface area contributed by atoms with Crippen molar-refractivity contribution in [2.24, 2.45) is 5.92 Å². The molecule has 3 unspecified atom stereocenters. The number of carbonyl (C=O) groups is 1. The highest BCUT2D eigenvalue weighted by atomic mass is 16.1. The Balaban J connectivity index is 1.83. The Hall–Kier alpha value is -0.810. The molecule has 76 valence electrons. The minimum atomic E-state index is 0.299. The molecule has 1 N–H and O–H groups in total.